The van der Waals surface area contributed by atoms with Crippen molar-refractivity contribution >= 4 is 0 Å². The Morgan fingerprint density at radius 2 is 0.611 bits per heavy atom. The fourth-order valence-corrected chi connectivity index (χ4v) is 2.23. The van der Waals surface area contributed by atoms with Gasteiger partial charge < -0.3 is 12.4 Å². The Morgan fingerprint density at radius 1 is 0.389 bits per heavy atom. The standard InChI is InChI=1S/2C8H14.ClH.Rh/c2*1-2-4-6-8-7-5-3-1;;/h2*1-2H,3-8H2;1H;/q;;;+3/p-1/b2*2-1-;;. The van der Waals surface area contributed by atoms with Gasteiger partial charge in [0.05, 0.1) is 0 Å². The SMILES string of the molecule is C1=C\CCCCCC/1.C1=C\CCCCCC/1.[Cl-].[Rh+3]. The van der Waals surface area contributed by atoms with Gasteiger partial charge in [-0.15, -0.1) is 0 Å². The van der Waals surface area contributed by atoms with Crippen LogP contribution >= 0.6 is 0 Å². The van der Waals surface area contributed by atoms with E-state index in [-0.39, 0.29) is 31.9 Å². The zero-order valence-electron chi connectivity index (χ0n) is 11.5. The van der Waals surface area contributed by atoms with Crippen LogP contribution in [-0.2, 0) is 19.5 Å². The summed E-state index contributed by atoms with van der Waals surface area (Å²) in [6.45, 7) is 0. The molecule has 106 valence electrons. The van der Waals surface area contributed by atoms with Crippen LogP contribution in [0.3, 0.4) is 0 Å². The van der Waals surface area contributed by atoms with Gasteiger partial charge in [-0.1, -0.05) is 50.0 Å². The van der Waals surface area contributed by atoms with E-state index in [0.717, 1.165) is 0 Å². The molecule has 0 radical (unpaired) electrons. The molecule has 0 bridgehead atoms. The van der Waals surface area contributed by atoms with Crippen LogP contribution in [0.25, 0.3) is 0 Å². The van der Waals surface area contributed by atoms with E-state index < -0.39 is 0 Å². The summed E-state index contributed by atoms with van der Waals surface area (Å²) in [5.41, 5.74) is 0. The molecule has 0 unspecified atom stereocenters. The summed E-state index contributed by atoms with van der Waals surface area (Å²) in [4.78, 5) is 0. The van der Waals surface area contributed by atoms with Crippen molar-refractivity contribution in [3.63, 3.8) is 0 Å². The fourth-order valence-electron chi connectivity index (χ4n) is 2.23. The van der Waals surface area contributed by atoms with Gasteiger partial charge in [0.2, 0.25) is 0 Å². The van der Waals surface area contributed by atoms with Gasteiger partial charge >= 0.3 is 19.5 Å². The van der Waals surface area contributed by atoms with E-state index in [9.17, 15) is 0 Å². The van der Waals surface area contributed by atoms with Gasteiger partial charge in [-0.2, -0.15) is 0 Å². The van der Waals surface area contributed by atoms with Crippen molar-refractivity contribution in [2.24, 2.45) is 0 Å². The number of halogens is 1. The maximum absolute atomic E-state index is 2.32. The first kappa shape index (κ1) is 20.7. The maximum atomic E-state index is 2.32. The van der Waals surface area contributed by atoms with Crippen molar-refractivity contribution in [2.45, 2.75) is 77.0 Å². The molecule has 2 aliphatic rings. The topological polar surface area (TPSA) is 0 Å². The van der Waals surface area contributed by atoms with E-state index in [1.54, 1.807) is 0 Å². The van der Waals surface area contributed by atoms with Crippen molar-refractivity contribution < 1.29 is 31.9 Å². The molecule has 2 heteroatoms. The Labute approximate surface area is 133 Å². The van der Waals surface area contributed by atoms with Crippen LogP contribution in [0.4, 0.5) is 0 Å². The molecular weight excluding hydrogens is 331 g/mol. The number of hydrogen-bond acceptors (Lipinski definition) is 0. The summed E-state index contributed by atoms with van der Waals surface area (Å²) in [6.07, 6.45) is 26.0. The average molecular weight is 359 g/mol. The summed E-state index contributed by atoms with van der Waals surface area (Å²) in [5, 5.41) is 0. The van der Waals surface area contributed by atoms with E-state index in [0.29, 0.717) is 0 Å². The minimum Gasteiger partial charge on any atom is -1.00 e. The molecule has 0 amide bonds. The molecule has 0 fully saturated rings. The third-order valence-corrected chi connectivity index (χ3v) is 3.32. The molecule has 0 aromatic rings. The van der Waals surface area contributed by atoms with Crippen molar-refractivity contribution in [1.82, 2.24) is 0 Å². The molecule has 0 spiro atoms. The van der Waals surface area contributed by atoms with E-state index in [1.165, 1.54) is 77.0 Å². The molecular formula is C16H28ClRh+2. The van der Waals surface area contributed by atoms with Gasteiger partial charge in [-0.05, 0) is 51.4 Å². The summed E-state index contributed by atoms with van der Waals surface area (Å²) in [5.74, 6) is 0. The average Bonchev–Trinajstić information content (AvgIpc) is 2.15. The normalized spacial score (nSPS) is 23.1. The number of rotatable bonds is 0. The Hall–Kier alpha value is 0.393. The minimum atomic E-state index is 0. The Morgan fingerprint density at radius 3 is 0.833 bits per heavy atom. The van der Waals surface area contributed by atoms with Crippen LogP contribution in [0, 0.1) is 0 Å². The van der Waals surface area contributed by atoms with Crippen molar-refractivity contribution in [3.8, 4) is 0 Å². The van der Waals surface area contributed by atoms with E-state index in [4.69, 9.17) is 0 Å². The van der Waals surface area contributed by atoms with Gasteiger partial charge in [0.25, 0.3) is 0 Å². The van der Waals surface area contributed by atoms with Gasteiger partial charge in [0.1, 0.15) is 0 Å². The fraction of sp³-hybridized carbons (Fsp3) is 0.750. The van der Waals surface area contributed by atoms with Crippen molar-refractivity contribution in [2.75, 3.05) is 0 Å². The van der Waals surface area contributed by atoms with Crippen LogP contribution in [0.1, 0.15) is 77.0 Å². The minimum absolute atomic E-state index is 0. The van der Waals surface area contributed by atoms with Crippen LogP contribution in [0.5, 0.6) is 0 Å². The van der Waals surface area contributed by atoms with Gasteiger partial charge in [-0.3, -0.25) is 0 Å². The molecule has 0 aromatic carbocycles. The van der Waals surface area contributed by atoms with E-state index in [2.05, 4.69) is 24.3 Å². The molecule has 0 atom stereocenters. The number of hydrogen-bond donors (Lipinski definition) is 0. The zero-order valence-corrected chi connectivity index (χ0v) is 13.9. The molecule has 0 heterocycles. The third-order valence-electron chi connectivity index (χ3n) is 3.32. The van der Waals surface area contributed by atoms with Crippen LogP contribution in [0.15, 0.2) is 24.3 Å². The molecule has 0 aliphatic heterocycles. The second-order valence-electron chi connectivity index (χ2n) is 4.93. The monoisotopic (exact) mass is 358 g/mol. The van der Waals surface area contributed by atoms with Gasteiger partial charge in [0, 0.05) is 0 Å². The van der Waals surface area contributed by atoms with E-state index in [1.807, 2.05) is 0 Å². The smallest absolute Gasteiger partial charge is 1.00 e. The molecule has 0 saturated carbocycles. The molecule has 0 aromatic heterocycles. The largest absolute Gasteiger partial charge is 3.00 e. The van der Waals surface area contributed by atoms with Crippen molar-refractivity contribution in [1.29, 1.82) is 0 Å². The second-order valence-corrected chi connectivity index (χ2v) is 4.93. The van der Waals surface area contributed by atoms with Crippen molar-refractivity contribution in [3.05, 3.63) is 24.3 Å². The maximum Gasteiger partial charge on any atom is 3.00 e. The van der Waals surface area contributed by atoms with Gasteiger partial charge in [-0.25, -0.2) is 0 Å². The summed E-state index contributed by atoms with van der Waals surface area (Å²) < 4.78 is 0. The second kappa shape index (κ2) is 17.4. The molecule has 2 rings (SSSR count). The Bertz CT molecular complexity index is 157. The molecule has 0 N–H and O–H groups in total. The predicted octanol–water partition coefficient (Wildman–Crippen LogP) is 2.80. The first-order valence-corrected chi connectivity index (χ1v) is 7.30. The van der Waals surface area contributed by atoms with Gasteiger partial charge in [0.15, 0.2) is 0 Å². The van der Waals surface area contributed by atoms with Crippen LogP contribution in [0.2, 0.25) is 0 Å². The first-order chi connectivity index (χ1) is 8.00. The third kappa shape index (κ3) is 14.5. The molecule has 0 nitrogen and oxygen atoms in total. The Balaban J connectivity index is 0. The summed E-state index contributed by atoms with van der Waals surface area (Å²) in [7, 11) is 0. The summed E-state index contributed by atoms with van der Waals surface area (Å²) in [6, 6.07) is 0. The summed E-state index contributed by atoms with van der Waals surface area (Å²) >= 11 is 0. The molecule has 2 aliphatic carbocycles. The van der Waals surface area contributed by atoms with Crippen LogP contribution < -0.4 is 12.4 Å². The zero-order chi connectivity index (χ0) is 11.3. The molecule has 18 heavy (non-hydrogen) atoms. The van der Waals surface area contributed by atoms with E-state index >= 15 is 0 Å². The molecule has 0 saturated heterocycles. The van der Waals surface area contributed by atoms with Crippen LogP contribution in [-0.4, -0.2) is 0 Å². The predicted molar refractivity (Wildman–Crippen MR) is 73.7 cm³/mol. The first-order valence-electron chi connectivity index (χ1n) is 7.30. The quantitative estimate of drug-likeness (QED) is 0.461. The Kier molecular flexibility index (Phi) is 20.0. The number of allylic oxidation sites excluding steroid dienone is 4.